The normalized spacial score (nSPS) is 25.8. The first-order valence-electron chi connectivity index (χ1n) is 9.09. The van der Waals surface area contributed by atoms with E-state index in [4.69, 9.17) is 9.73 Å². The summed E-state index contributed by atoms with van der Waals surface area (Å²) in [4.78, 5) is 5.10. The van der Waals surface area contributed by atoms with Gasteiger partial charge in [-0.1, -0.05) is 72.8 Å². The standard InChI is InChI=1S/C22H24N2O/c1-4-10-18(11-5-1)21(16-25-20-14-8-3-9-15-20)24-22(17-23-22)19-12-6-2-7-13-19/h1-2,4-8,10-14,20,23H,3,9,15-17H2/b24-21-. The smallest absolute Gasteiger partial charge is 0.149 e. The molecule has 3 nitrogen and oxygen atoms in total. The molecular weight excluding hydrogens is 308 g/mol. The summed E-state index contributed by atoms with van der Waals surface area (Å²) in [5.74, 6) is 0. The zero-order valence-electron chi connectivity index (χ0n) is 14.4. The van der Waals surface area contributed by atoms with Crippen LogP contribution >= 0.6 is 0 Å². The molecule has 25 heavy (non-hydrogen) atoms. The van der Waals surface area contributed by atoms with Gasteiger partial charge >= 0.3 is 0 Å². The molecular formula is C22H24N2O. The third kappa shape index (κ3) is 3.89. The van der Waals surface area contributed by atoms with Crippen molar-refractivity contribution in [1.29, 1.82) is 0 Å². The lowest BCUT2D eigenvalue weighted by Gasteiger charge is -2.19. The minimum atomic E-state index is -0.293. The molecule has 1 N–H and O–H groups in total. The molecule has 0 bridgehead atoms. The van der Waals surface area contributed by atoms with Gasteiger partial charge in [0.2, 0.25) is 0 Å². The fourth-order valence-corrected chi connectivity index (χ4v) is 3.29. The van der Waals surface area contributed by atoms with Crippen LogP contribution in [0.15, 0.2) is 77.8 Å². The first kappa shape index (κ1) is 16.2. The fraction of sp³-hybridized carbons (Fsp3) is 0.318. The van der Waals surface area contributed by atoms with Crippen LogP contribution in [0, 0.1) is 0 Å². The number of hydrogen-bond acceptors (Lipinski definition) is 3. The van der Waals surface area contributed by atoms with E-state index >= 15 is 0 Å². The number of nitrogens with zero attached hydrogens (tertiary/aromatic N) is 1. The van der Waals surface area contributed by atoms with Crippen LogP contribution < -0.4 is 5.32 Å². The topological polar surface area (TPSA) is 43.5 Å². The predicted molar refractivity (Wildman–Crippen MR) is 102 cm³/mol. The molecule has 1 fully saturated rings. The highest BCUT2D eigenvalue weighted by Crippen LogP contribution is 2.33. The molecule has 0 saturated carbocycles. The van der Waals surface area contributed by atoms with E-state index < -0.39 is 0 Å². The second-order valence-electron chi connectivity index (χ2n) is 6.71. The molecule has 1 saturated heterocycles. The molecule has 2 atom stereocenters. The second kappa shape index (κ2) is 7.34. The van der Waals surface area contributed by atoms with Crippen molar-refractivity contribution in [2.24, 2.45) is 4.99 Å². The number of benzene rings is 2. The van der Waals surface area contributed by atoms with Crippen LogP contribution in [0.1, 0.15) is 30.4 Å². The first-order valence-corrected chi connectivity index (χ1v) is 9.09. The van der Waals surface area contributed by atoms with Crippen molar-refractivity contribution in [3.05, 3.63) is 83.9 Å². The van der Waals surface area contributed by atoms with Crippen LogP contribution in [0.2, 0.25) is 0 Å². The Morgan fingerprint density at radius 3 is 2.44 bits per heavy atom. The number of nitrogens with one attached hydrogen (secondary N) is 1. The van der Waals surface area contributed by atoms with Crippen molar-refractivity contribution in [2.75, 3.05) is 13.2 Å². The van der Waals surface area contributed by atoms with Crippen LogP contribution in [0.5, 0.6) is 0 Å². The number of aliphatic imine (C=N–C) groups is 1. The van der Waals surface area contributed by atoms with E-state index in [0.29, 0.717) is 6.61 Å². The van der Waals surface area contributed by atoms with Gasteiger partial charge in [-0.3, -0.25) is 10.3 Å². The first-order chi connectivity index (χ1) is 12.4. The lowest BCUT2D eigenvalue weighted by atomic mass is 10.0. The highest BCUT2D eigenvalue weighted by Gasteiger charge is 2.44. The van der Waals surface area contributed by atoms with Gasteiger partial charge in [0.25, 0.3) is 0 Å². The Morgan fingerprint density at radius 1 is 1.08 bits per heavy atom. The van der Waals surface area contributed by atoms with Gasteiger partial charge in [-0.2, -0.15) is 0 Å². The van der Waals surface area contributed by atoms with Crippen LogP contribution in [0.25, 0.3) is 0 Å². The lowest BCUT2D eigenvalue weighted by Crippen LogP contribution is -2.22. The molecule has 2 aromatic carbocycles. The van der Waals surface area contributed by atoms with Crippen molar-refractivity contribution in [1.82, 2.24) is 5.32 Å². The summed E-state index contributed by atoms with van der Waals surface area (Å²) in [7, 11) is 0. The van der Waals surface area contributed by atoms with E-state index in [-0.39, 0.29) is 11.8 Å². The summed E-state index contributed by atoms with van der Waals surface area (Å²) in [6.45, 7) is 1.41. The minimum Gasteiger partial charge on any atom is -0.368 e. The molecule has 2 unspecified atom stereocenters. The summed E-state index contributed by atoms with van der Waals surface area (Å²) < 4.78 is 6.16. The molecule has 0 aromatic heterocycles. The van der Waals surface area contributed by atoms with Gasteiger partial charge in [0, 0.05) is 6.54 Å². The summed E-state index contributed by atoms with van der Waals surface area (Å²) in [5.41, 5.74) is 3.05. The maximum atomic E-state index is 6.16. The van der Waals surface area contributed by atoms with Gasteiger partial charge in [0.05, 0.1) is 18.4 Å². The Morgan fingerprint density at radius 2 is 1.80 bits per heavy atom. The molecule has 1 aliphatic carbocycles. The number of rotatable bonds is 6. The SMILES string of the molecule is C1=CC(OC/C(=N/C2(c3ccccc3)CN2)c2ccccc2)CCC1. The largest absolute Gasteiger partial charge is 0.368 e. The van der Waals surface area contributed by atoms with E-state index in [2.05, 4.69) is 66.0 Å². The van der Waals surface area contributed by atoms with E-state index in [0.717, 1.165) is 24.2 Å². The molecule has 0 spiro atoms. The molecule has 1 aliphatic heterocycles. The summed E-state index contributed by atoms with van der Waals surface area (Å²) in [6, 6.07) is 20.8. The Labute approximate surface area is 149 Å². The van der Waals surface area contributed by atoms with Crippen LogP contribution in [-0.4, -0.2) is 25.0 Å². The highest BCUT2D eigenvalue weighted by atomic mass is 16.5. The highest BCUT2D eigenvalue weighted by molar-refractivity contribution is 6.02. The van der Waals surface area contributed by atoms with Gasteiger partial charge < -0.3 is 4.74 Å². The van der Waals surface area contributed by atoms with Gasteiger partial charge in [-0.05, 0) is 30.4 Å². The molecule has 3 heteroatoms. The number of allylic oxidation sites excluding steroid dienone is 1. The van der Waals surface area contributed by atoms with E-state index in [1.807, 2.05) is 12.1 Å². The van der Waals surface area contributed by atoms with Crippen LogP contribution in [-0.2, 0) is 10.4 Å². The summed E-state index contributed by atoms with van der Waals surface area (Å²) in [6.07, 6.45) is 8.09. The van der Waals surface area contributed by atoms with E-state index in [1.54, 1.807) is 0 Å². The van der Waals surface area contributed by atoms with Gasteiger partial charge in [0.1, 0.15) is 5.66 Å². The van der Waals surface area contributed by atoms with Gasteiger partial charge in [-0.15, -0.1) is 0 Å². The number of ether oxygens (including phenoxy) is 1. The molecule has 1 heterocycles. The molecule has 2 aliphatic rings. The third-order valence-electron chi connectivity index (χ3n) is 4.84. The molecule has 128 valence electrons. The summed E-state index contributed by atoms with van der Waals surface area (Å²) in [5, 5.41) is 3.45. The average Bonchev–Trinajstić information content (AvgIpc) is 3.48. The zero-order valence-corrected chi connectivity index (χ0v) is 14.4. The Hall–Kier alpha value is -2.23. The second-order valence-corrected chi connectivity index (χ2v) is 6.71. The minimum absolute atomic E-state index is 0.211. The predicted octanol–water partition coefficient (Wildman–Crippen LogP) is 4.06. The fourth-order valence-electron chi connectivity index (χ4n) is 3.29. The third-order valence-corrected chi connectivity index (χ3v) is 4.84. The molecule has 0 radical (unpaired) electrons. The molecule has 0 amide bonds. The Balaban J connectivity index is 1.59. The quantitative estimate of drug-likeness (QED) is 0.492. The van der Waals surface area contributed by atoms with Crippen molar-refractivity contribution >= 4 is 5.71 Å². The van der Waals surface area contributed by atoms with E-state index in [1.165, 1.54) is 18.4 Å². The Kier molecular flexibility index (Phi) is 4.77. The van der Waals surface area contributed by atoms with Crippen molar-refractivity contribution in [3.63, 3.8) is 0 Å². The van der Waals surface area contributed by atoms with Gasteiger partial charge in [-0.25, -0.2) is 0 Å². The monoisotopic (exact) mass is 332 g/mol. The van der Waals surface area contributed by atoms with Crippen molar-refractivity contribution in [3.8, 4) is 0 Å². The zero-order chi connectivity index (χ0) is 17.0. The average molecular weight is 332 g/mol. The van der Waals surface area contributed by atoms with Crippen LogP contribution in [0.4, 0.5) is 0 Å². The van der Waals surface area contributed by atoms with Crippen molar-refractivity contribution in [2.45, 2.75) is 31.0 Å². The lowest BCUT2D eigenvalue weighted by molar-refractivity contribution is 0.106. The number of hydrogen-bond donors (Lipinski definition) is 1. The Bertz CT molecular complexity index is 748. The van der Waals surface area contributed by atoms with Crippen LogP contribution in [0.3, 0.4) is 0 Å². The maximum Gasteiger partial charge on any atom is 0.149 e. The molecule has 4 rings (SSSR count). The summed E-state index contributed by atoms with van der Waals surface area (Å²) >= 11 is 0. The van der Waals surface area contributed by atoms with Crippen molar-refractivity contribution < 1.29 is 4.74 Å². The molecule has 2 aromatic rings. The maximum absolute atomic E-state index is 6.16. The van der Waals surface area contributed by atoms with Gasteiger partial charge in [0.15, 0.2) is 0 Å². The van der Waals surface area contributed by atoms with E-state index in [9.17, 15) is 0 Å².